The SMILES string of the molecule is C1=CN=CC1.CCC(C)C. The summed E-state index contributed by atoms with van der Waals surface area (Å²) in [6.07, 6.45) is 8.03. The van der Waals surface area contributed by atoms with Gasteiger partial charge in [-0.3, -0.25) is 4.99 Å². The van der Waals surface area contributed by atoms with Gasteiger partial charge in [-0.25, -0.2) is 0 Å². The molecular formula is C9H17N. The summed E-state index contributed by atoms with van der Waals surface area (Å²) in [5.41, 5.74) is 0. The van der Waals surface area contributed by atoms with Gasteiger partial charge in [0.15, 0.2) is 0 Å². The van der Waals surface area contributed by atoms with Gasteiger partial charge in [-0.05, 0) is 5.92 Å². The lowest BCUT2D eigenvalue weighted by Gasteiger charge is -1.90. The van der Waals surface area contributed by atoms with Crippen molar-refractivity contribution in [3.63, 3.8) is 0 Å². The van der Waals surface area contributed by atoms with Crippen molar-refractivity contribution >= 4 is 6.21 Å². The van der Waals surface area contributed by atoms with Crippen LogP contribution in [0.5, 0.6) is 0 Å². The molecular weight excluding hydrogens is 122 g/mol. The predicted octanol–water partition coefficient (Wildman–Crippen LogP) is 3.03. The van der Waals surface area contributed by atoms with Gasteiger partial charge in [-0.1, -0.05) is 33.3 Å². The van der Waals surface area contributed by atoms with Crippen LogP contribution < -0.4 is 0 Å². The summed E-state index contributed by atoms with van der Waals surface area (Å²) in [6.45, 7) is 6.64. The van der Waals surface area contributed by atoms with Gasteiger partial charge in [0.1, 0.15) is 0 Å². The third-order valence-corrected chi connectivity index (χ3v) is 1.35. The molecule has 0 aromatic rings. The van der Waals surface area contributed by atoms with Crippen LogP contribution in [0.3, 0.4) is 0 Å². The zero-order valence-corrected chi connectivity index (χ0v) is 7.17. The number of allylic oxidation sites excluding steroid dienone is 1. The summed E-state index contributed by atoms with van der Waals surface area (Å²) in [5.74, 6) is 0.884. The molecule has 1 aliphatic rings. The number of nitrogens with zero attached hydrogens (tertiary/aromatic N) is 1. The van der Waals surface area contributed by atoms with E-state index in [4.69, 9.17) is 0 Å². The van der Waals surface area contributed by atoms with Gasteiger partial charge in [-0.15, -0.1) is 0 Å². The summed E-state index contributed by atoms with van der Waals surface area (Å²) in [7, 11) is 0. The van der Waals surface area contributed by atoms with Gasteiger partial charge in [-0.2, -0.15) is 0 Å². The Labute approximate surface area is 63.9 Å². The van der Waals surface area contributed by atoms with Gasteiger partial charge >= 0.3 is 0 Å². The zero-order chi connectivity index (χ0) is 7.82. The molecule has 0 fully saturated rings. The van der Waals surface area contributed by atoms with Gasteiger partial charge in [0.25, 0.3) is 0 Å². The highest BCUT2D eigenvalue weighted by molar-refractivity contribution is 5.62. The number of rotatable bonds is 1. The van der Waals surface area contributed by atoms with E-state index in [1.165, 1.54) is 6.42 Å². The van der Waals surface area contributed by atoms with Crippen LogP contribution in [0.1, 0.15) is 33.6 Å². The summed E-state index contributed by atoms with van der Waals surface area (Å²) < 4.78 is 0. The molecule has 0 saturated carbocycles. The molecule has 0 radical (unpaired) electrons. The first-order valence-corrected chi connectivity index (χ1v) is 3.94. The molecule has 0 saturated heterocycles. The van der Waals surface area contributed by atoms with E-state index in [1.807, 2.05) is 12.3 Å². The highest BCUT2D eigenvalue weighted by Gasteiger charge is 1.80. The Morgan fingerprint density at radius 2 is 2.10 bits per heavy atom. The largest absolute Gasteiger partial charge is 0.269 e. The van der Waals surface area contributed by atoms with Crippen molar-refractivity contribution < 1.29 is 0 Å². The fraction of sp³-hybridized carbons (Fsp3) is 0.667. The molecule has 0 aromatic carbocycles. The minimum atomic E-state index is 0.884. The van der Waals surface area contributed by atoms with Crippen LogP contribution in [0.25, 0.3) is 0 Å². The average molecular weight is 139 g/mol. The molecule has 1 rings (SSSR count). The lowest BCUT2D eigenvalue weighted by Crippen LogP contribution is -1.77. The number of hydrogen-bond acceptors (Lipinski definition) is 1. The van der Waals surface area contributed by atoms with Crippen molar-refractivity contribution in [1.82, 2.24) is 0 Å². The molecule has 0 aliphatic carbocycles. The number of aliphatic imine (C=N–C) groups is 1. The van der Waals surface area contributed by atoms with E-state index >= 15 is 0 Å². The summed E-state index contributed by atoms with van der Waals surface area (Å²) in [5, 5.41) is 0. The van der Waals surface area contributed by atoms with Crippen molar-refractivity contribution in [3.8, 4) is 0 Å². The molecule has 0 aromatic heterocycles. The summed E-state index contributed by atoms with van der Waals surface area (Å²) >= 11 is 0. The lowest BCUT2D eigenvalue weighted by molar-refractivity contribution is 0.626. The molecule has 0 bridgehead atoms. The van der Waals surface area contributed by atoms with Gasteiger partial charge in [0.2, 0.25) is 0 Å². The predicted molar refractivity (Wildman–Crippen MR) is 47.4 cm³/mol. The van der Waals surface area contributed by atoms with Gasteiger partial charge in [0.05, 0.1) is 0 Å². The second kappa shape index (κ2) is 6.53. The van der Waals surface area contributed by atoms with E-state index < -0.39 is 0 Å². The molecule has 1 aliphatic heterocycles. The van der Waals surface area contributed by atoms with Crippen LogP contribution in [-0.4, -0.2) is 6.21 Å². The van der Waals surface area contributed by atoms with Crippen molar-refractivity contribution in [2.24, 2.45) is 10.9 Å². The summed E-state index contributed by atoms with van der Waals surface area (Å²) in [4.78, 5) is 3.78. The molecule has 10 heavy (non-hydrogen) atoms. The lowest BCUT2D eigenvalue weighted by atomic mass is 10.2. The van der Waals surface area contributed by atoms with E-state index in [0.717, 1.165) is 12.3 Å². The van der Waals surface area contributed by atoms with E-state index in [2.05, 4.69) is 25.8 Å². The normalized spacial score (nSPS) is 13.6. The zero-order valence-electron chi connectivity index (χ0n) is 7.17. The highest BCUT2D eigenvalue weighted by atomic mass is 14.7. The maximum atomic E-state index is 3.78. The monoisotopic (exact) mass is 139 g/mol. The first-order valence-electron chi connectivity index (χ1n) is 3.94. The molecule has 1 nitrogen and oxygen atoms in total. The Hall–Kier alpha value is -0.590. The first kappa shape index (κ1) is 9.41. The molecule has 0 N–H and O–H groups in total. The third-order valence-electron chi connectivity index (χ3n) is 1.35. The van der Waals surface area contributed by atoms with Crippen LogP contribution in [0.4, 0.5) is 0 Å². The average Bonchev–Trinajstić information content (AvgIpc) is 2.43. The van der Waals surface area contributed by atoms with Crippen LogP contribution in [0, 0.1) is 5.92 Å². The van der Waals surface area contributed by atoms with E-state index in [9.17, 15) is 0 Å². The number of hydrogen-bond donors (Lipinski definition) is 0. The highest BCUT2D eigenvalue weighted by Crippen LogP contribution is 1.93. The first-order chi connectivity index (χ1) is 4.77. The molecule has 0 spiro atoms. The third kappa shape index (κ3) is 7.41. The van der Waals surface area contributed by atoms with Crippen LogP contribution in [-0.2, 0) is 0 Å². The van der Waals surface area contributed by atoms with Crippen molar-refractivity contribution in [1.29, 1.82) is 0 Å². The van der Waals surface area contributed by atoms with E-state index in [-0.39, 0.29) is 0 Å². The second-order valence-corrected chi connectivity index (χ2v) is 2.75. The molecule has 58 valence electrons. The molecule has 1 heteroatoms. The Kier molecular flexibility index (Phi) is 6.14. The Balaban J connectivity index is 0.000000162. The smallest absolute Gasteiger partial charge is 0.0227 e. The molecule has 0 atom stereocenters. The van der Waals surface area contributed by atoms with Crippen LogP contribution >= 0.6 is 0 Å². The minimum absolute atomic E-state index is 0.884. The fourth-order valence-electron chi connectivity index (χ4n) is 0.304. The van der Waals surface area contributed by atoms with Crippen LogP contribution in [0.15, 0.2) is 17.3 Å². The second-order valence-electron chi connectivity index (χ2n) is 2.75. The van der Waals surface area contributed by atoms with Crippen molar-refractivity contribution in [2.75, 3.05) is 0 Å². The minimum Gasteiger partial charge on any atom is -0.269 e. The van der Waals surface area contributed by atoms with Crippen molar-refractivity contribution in [2.45, 2.75) is 33.6 Å². The van der Waals surface area contributed by atoms with Gasteiger partial charge < -0.3 is 0 Å². The molecule has 0 unspecified atom stereocenters. The van der Waals surface area contributed by atoms with Crippen LogP contribution in [0.2, 0.25) is 0 Å². The molecule has 0 amide bonds. The Morgan fingerprint density at radius 3 is 2.20 bits per heavy atom. The van der Waals surface area contributed by atoms with Crippen molar-refractivity contribution in [3.05, 3.63) is 12.3 Å². The van der Waals surface area contributed by atoms with E-state index in [0.29, 0.717) is 0 Å². The standard InChI is InChI=1S/C5H12.C4H5N/c1-4-5(2)3;1-2-4-5-3-1/h5H,4H2,1-3H3;1,3-4H,2H2. The maximum absolute atomic E-state index is 3.78. The topological polar surface area (TPSA) is 12.4 Å². The summed E-state index contributed by atoms with van der Waals surface area (Å²) in [6, 6.07) is 0. The fourth-order valence-corrected chi connectivity index (χ4v) is 0.304. The Morgan fingerprint density at radius 1 is 1.50 bits per heavy atom. The maximum Gasteiger partial charge on any atom is 0.0227 e. The quantitative estimate of drug-likeness (QED) is 0.529. The van der Waals surface area contributed by atoms with Gasteiger partial charge in [0, 0.05) is 18.8 Å². The van der Waals surface area contributed by atoms with E-state index in [1.54, 1.807) is 6.20 Å². The Bertz CT molecular complexity index is 102. The molecule has 1 heterocycles.